The van der Waals surface area contributed by atoms with Gasteiger partial charge in [0.1, 0.15) is 11.3 Å². The fraction of sp³-hybridized carbons (Fsp3) is 0.118. The molecule has 3 heterocycles. The van der Waals surface area contributed by atoms with Gasteiger partial charge in [0.15, 0.2) is 5.69 Å². The quantitative estimate of drug-likeness (QED) is 0.609. The van der Waals surface area contributed by atoms with Gasteiger partial charge in [-0.15, -0.1) is 11.3 Å². The molecule has 0 N–H and O–H groups in total. The molecule has 0 amide bonds. The highest BCUT2D eigenvalue weighted by molar-refractivity contribution is 7.19. The highest BCUT2D eigenvalue weighted by Gasteiger charge is 2.27. The number of aromatic nitrogens is 2. The predicted molar refractivity (Wildman–Crippen MR) is 98.6 cm³/mol. The van der Waals surface area contributed by atoms with Gasteiger partial charge in [-0.1, -0.05) is 41.4 Å². The molecule has 1 aliphatic heterocycles. The van der Waals surface area contributed by atoms with Crippen LogP contribution in [0, 0.1) is 0 Å². The summed E-state index contributed by atoms with van der Waals surface area (Å²) in [5.74, 6) is -0.491. The summed E-state index contributed by atoms with van der Waals surface area (Å²) in [6, 6.07) is 9.37. The number of nitrogens with zero attached hydrogens (tertiary/aromatic N) is 3. The lowest BCUT2D eigenvalue weighted by Gasteiger charge is -2.07. The molecule has 0 saturated carbocycles. The van der Waals surface area contributed by atoms with Crippen LogP contribution in [0.25, 0.3) is 5.00 Å². The van der Waals surface area contributed by atoms with Crippen LogP contribution in [-0.2, 0) is 11.3 Å². The molecule has 0 bridgehead atoms. The molecule has 1 aromatic carbocycles. The van der Waals surface area contributed by atoms with Crippen molar-refractivity contribution in [3.8, 4) is 5.00 Å². The second kappa shape index (κ2) is 6.29. The van der Waals surface area contributed by atoms with Crippen LogP contribution < -0.4 is 0 Å². The van der Waals surface area contributed by atoms with Crippen LogP contribution >= 0.6 is 34.5 Å². The zero-order valence-corrected chi connectivity index (χ0v) is 15.3. The summed E-state index contributed by atoms with van der Waals surface area (Å²) < 4.78 is 7.27. The number of carbonyl (C=O) groups is 1. The molecule has 0 radical (unpaired) electrons. The summed E-state index contributed by atoms with van der Waals surface area (Å²) in [6.45, 7) is 0.282. The minimum Gasteiger partial charge on any atom is -0.464 e. The first kappa shape index (κ1) is 16.3. The zero-order valence-electron chi connectivity index (χ0n) is 13.0. The van der Waals surface area contributed by atoms with Gasteiger partial charge in [-0.05, 0) is 12.1 Å². The molecule has 25 heavy (non-hydrogen) atoms. The highest BCUT2D eigenvalue weighted by atomic mass is 35.5. The van der Waals surface area contributed by atoms with Gasteiger partial charge in [0.25, 0.3) is 0 Å². The maximum absolute atomic E-state index is 12.0. The van der Waals surface area contributed by atoms with E-state index >= 15 is 0 Å². The molecule has 3 aromatic rings. The lowest BCUT2D eigenvalue weighted by Crippen LogP contribution is -2.07. The molecule has 0 fully saturated rings. The van der Waals surface area contributed by atoms with E-state index in [0.717, 1.165) is 21.8 Å². The maximum Gasteiger partial charge on any atom is 0.358 e. The minimum absolute atomic E-state index is 0.252. The van der Waals surface area contributed by atoms with Crippen LogP contribution in [0.15, 0.2) is 41.7 Å². The van der Waals surface area contributed by atoms with Crippen molar-refractivity contribution in [2.75, 3.05) is 7.11 Å². The van der Waals surface area contributed by atoms with Gasteiger partial charge in [-0.2, -0.15) is 0 Å². The van der Waals surface area contributed by atoms with E-state index in [1.807, 2.05) is 34.9 Å². The van der Waals surface area contributed by atoms with Gasteiger partial charge in [0.05, 0.1) is 29.4 Å². The maximum atomic E-state index is 12.0. The van der Waals surface area contributed by atoms with Gasteiger partial charge in [0, 0.05) is 16.1 Å². The fourth-order valence-electron chi connectivity index (χ4n) is 2.79. The Hall–Kier alpha value is -2.15. The molecular formula is C17H11Cl2N3O2S. The van der Waals surface area contributed by atoms with Gasteiger partial charge in [-0.25, -0.2) is 9.78 Å². The van der Waals surface area contributed by atoms with Gasteiger partial charge in [0.2, 0.25) is 0 Å². The number of aliphatic imine (C=N–C) groups is 1. The largest absolute Gasteiger partial charge is 0.464 e. The molecule has 8 heteroatoms. The zero-order chi connectivity index (χ0) is 17.6. The first-order valence-electron chi connectivity index (χ1n) is 7.34. The lowest BCUT2D eigenvalue weighted by atomic mass is 10.0. The second-order valence-corrected chi connectivity index (χ2v) is 7.38. The predicted octanol–water partition coefficient (Wildman–Crippen LogP) is 4.38. The van der Waals surface area contributed by atoms with E-state index in [-0.39, 0.29) is 12.2 Å². The number of imidazole rings is 1. The molecular weight excluding hydrogens is 381 g/mol. The summed E-state index contributed by atoms with van der Waals surface area (Å²) in [5.41, 5.74) is 3.33. The summed E-state index contributed by atoms with van der Waals surface area (Å²) in [5, 5.41) is 1.45. The molecule has 4 rings (SSSR count). The number of hydrogen-bond donors (Lipinski definition) is 0. The van der Waals surface area contributed by atoms with E-state index in [1.54, 1.807) is 6.33 Å². The molecule has 1 aliphatic rings. The Morgan fingerprint density at radius 2 is 2.08 bits per heavy atom. The Morgan fingerprint density at radius 1 is 1.28 bits per heavy atom. The third kappa shape index (κ3) is 2.66. The van der Waals surface area contributed by atoms with Crippen molar-refractivity contribution in [2.45, 2.75) is 6.54 Å². The summed E-state index contributed by atoms with van der Waals surface area (Å²) in [4.78, 5) is 20.9. The number of ether oxygens (including phenoxy) is 1. The molecule has 2 aromatic heterocycles. The highest BCUT2D eigenvalue weighted by Crippen LogP contribution is 2.36. The monoisotopic (exact) mass is 391 g/mol. The van der Waals surface area contributed by atoms with Crippen LogP contribution in [0.2, 0.25) is 9.36 Å². The smallest absolute Gasteiger partial charge is 0.358 e. The van der Waals surface area contributed by atoms with E-state index in [1.165, 1.54) is 18.4 Å². The van der Waals surface area contributed by atoms with E-state index < -0.39 is 5.97 Å². The summed E-state index contributed by atoms with van der Waals surface area (Å²) >= 11 is 14.0. The Morgan fingerprint density at radius 3 is 2.84 bits per heavy atom. The molecule has 126 valence electrons. The fourth-order valence-corrected chi connectivity index (χ4v) is 4.23. The molecule has 0 aliphatic carbocycles. The van der Waals surface area contributed by atoms with Crippen LogP contribution in [0.4, 0.5) is 0 Å². The van der Waals surface area contributed by atoms with Crippen molar-refractivity contribution in [3.05, 3.63) is 68.5 Å². The molecule has 0 unspecified atom stereocenters. The average Bonchev–Trinajstić information content (AvgIpc) is 3.16. The summed E-state index contributed by atoms with van der Waals surface area (Å²) in [6.07, 6.45) is 1.60. The van der Waals surface area contributed by atoms with E-state index in [9.17, 15) is 4.79 Å². The average molecular weight is 392 g/mol. The number of rotatable bonds is 2. The van der Waals surface area contributed by atoms with Crippen LogP contribution in [0.3, 0.4) is 0 Å². The van der Waals surface area contributed by atoms with Crippen molar-refractivity contribution >= 4 is 46.2 Å². The Labute approximate surface area is 157 Å². The third-order valence-electron chi connectivity index (χ3n) is 3.92. The van der Waals surface area contributed by atoms with Crippen molar-refractivity contribution in [3.63, 3.8) is 0 Å². The van der Waals surface area contributed by atoms with Crippen molar-refractivity contribution < 1.29 is 9.53 Å². The molecule has 0 saturated heterocycles. The Kier molecular flexibility index (Phi) is 4.11. The Bertz CT molecular complexity index is 1020. The van der Waals surface area contributed by atoms with Crippen molar-refractivity contribution in [1.82, 2.24) is 9.55 Å². The lowest BCUT2D eigenvalue weighted by molar-refractivity contribution is 0.0593. The SMILES string of the molecule is COC(=O)c1ncn2c1CN=C(c1ccccc1Cl)c1cc(Cl)sc1-2. The number of carbonyl (C=O) groups excluding carboxylic acids is 1. The number of benzene rings is 1. The first-order valence-corrected chi connectivity index (χ1v) is 8.91. The van der Waals surface area contributed by atoms with Gasteiger partial charge >= 0.3 is 5.97 Å². The van der Waals surface area contributed by atoms with E-state index in [0.29, 0.717) is 15.1 Å². The molecule has 0 spiro atoms. The minimum atomic E-state index is -0.491. The van der Waals surface area contributed by atoms with Gasteiger partial charge < -0.3 is 4.74 Å². The number of hydrogen-bond acceptors (Lipinski definition) is 5. The van der Waals surface area contributed by atoms with Gasteiger partial charge in [-0.3, -0.25) is 9.56 Å². The Balaban J connectivity index is 1.95. The van der Waals surface area contributed by atoms with E-state index in [2.05, 4.69) is 4.98 Å². The van der Waals surface area contributed by atoms with Crippen molar-refractivity contribution in [2.24, 2.45) is 4.99 Å². The number of fused-ring (bicyclic) bond motifs is 3. The van der Waals surface area contributed by atoms with Crippen LogP contribution in [0.5, 0.6) is 0 Å². The van der Waals surface area contributed by atoms with Crippen LogP contribution in [-0.4, -0.2) is 28.3 Å². The molecule has 0 atom stereocenters. The standard InChI is InChI=1S/C17H11Cl2N3O2S/c1-24-17(23)15-12-7-20-14(9-4-2-3-5-11(9)18)10-6-13(19)25-16(10)22(12)8-21-15/h2-6,8H,7H2,1H3. The van der Waals surface area contributed by atoms with E-state index in [4.69, 9.17) is 32.9 Å². The normalized spacial score (nSPS) is 12.8. The molecule has 5 nitrogen and oxygen atoms in total. The first-order chi connectivity index (χ1) is 12.1. The summed E-state index contributed by atoms with van der Waals surface area (Å²) in [7, 11) is 1.33. The third-order valence-corrected chi connectivity index (χ3v) is 5.51. The number of methoxy groups -OCH3 is 1. The van der Waals surface area contributed by atoms with Crippen LogP contribution in [0.1, 0.15) is 27.3 Å². The number of halogens is 2. The number of esters is 1. The van der Waals surface area contributed by atoms with Crippen molar-refractivity contribution in [1.29, 1.82) is 0 Å². The topological polar surface area (TPSA) is 56.5 Å². The second-order valence-electron chi connectivity index (χ2n) is 5.32. The number of thiophene rings is 1.